The molecule has 0 amide bonds. The fourth-order valence-electron chi connectivity index (χ4n) is 8.01. The van der Waals surface area contributed by atoms with Gasteiger partial charge in [0, 0.05) is 17.1 Å². The standard InChI is InChI=1S/C23H26O7/c1-5-15(24)27-19-21(10(2)3)16(29-21)17-23(30-17)20(4)7-6-11-12(9-26-18(11)25)13(20)8-14-22(19,23)28-14/h5,10,13-14,16-17,19H,1,6-9H2,2-4H3/t13-,14-,16-,17-,19+,20-,21-,22+,23+/m0/s1. The van der Waals surface area contributed by atoms with E-state index in [-0.39, 0.29) is 41.5 Å². The second-order valence-corrected chi connectivity index (χ2v) is 10.5. The molecule has 4 heterocycles. The van der Waals surface area contributed by atoms with Crippen molar-refractivity contribution in [1.82, 2.24) is 0 Å². The minimum absolute atomic E-state index is 0.0726. The maximum Gasteiger partial charge on any atom is 0.334 e. The van der Waals surface area contributed by atoms with E-state index in [1.807, 2.05) is 0 Å². The summed E-state index contributed by atoms with van der Waals surface area (Å²) in [6.07, 6.45) is 2.70. The Morgan fingerprint density at radius 1 is 1.27 bits per heavy atom. The molecule has 2 saturated carbocycles. The number of ether oxygens (including phenoxy) is 5. The quantitative estimate of drug-likeness (QED) is 0.395. The molecule has 0 bridgehead atoms. The molecule has 3 aliphatic carbocycles. The first-order chi connectivity index (χ1) is 14.3. The van der Waals surface area contributed by atoms with Gasteiger partial charge in [0.05, 0.1) is 6.10 Å². The zero-order chi connectivity index (χ0) is 20.8. The number of rotatable bonds is 3. The highest BCUT2D eigenvalue weighted by atomic mass is 16.8. The largest absolute Gasteiger partial charge is 0.458 e. The van der Waals surface area contributed by atoms with Crippen LogP contribution in [0.5, 0.6) is 0 Å². The van der Waals surface area contributed by atoms with Gasteiger partial charge in [0.1, 0.15) is 30.0 Å². The fourth-order valence-corrected chi connectivity index (χ4v) is 8.01. The molecule has 7 heteroatoms. The van der Waals surface area contributed by atoms with Crippen LogP contribution in [-0.4, -0.2) is 59.8 Å². The summed E-state index contributed by atoms with van der Waals surface area (Å²) in [5.41, 5.74) is -0.0930. The summed E-state index contributed by atoms with van der Waals surface area (Å²) in [5.74, 6) is -0.307. The first kappa shape index (κ1) is 17.9. The van der Waals surface area contributed by atoms with Gasteiger partial charge in [-0.2, -0.15) is 0 Å². The molecule has 30 heavy (non-hydrogen) atoms. The molecule has 7 nitrogen and oxygen atoms in total. The van der Waals surface area contributed by atoms with Crippen molar-refractivity contribution in [1.29, 1.82) is 0 Å². The number of hydrogen-bond acceptors (Lipinski definition) is 7. The van der Waals surface area contributed by atoms with Gasteiger partial charge < -0.3 is 23.7 Å². The maximum atomic E-state index is 12.4. The van der Waals surface area contributed by atoms with Gasteiger partial charge in [0.2, 0.25) is 0 Å². The molecule has 0 aromatic heterocycles. The molecule has 9 atom stereocenters. The van der Waals surface area contributed by atoms with E-state index in [1.54, 1.807) is 0 Å². The van der Waals surface area contributed by atoms with Gasteiger partial charge in [-0.3, -0.25) is 0 Å². The normalized spacial score (nSPS) is 55.9. The van der Waals surface area contributed by atoms with Gasteiger partial charge in [0.25, 0.3) is 0 Å². The van der Waals surface area contributed by atoms with Gasteiger partial charge in [-0.25, -0.2) is 9.59 Å². The highest BCUT2D eigenvalue weighted by Crippen LogP contribution is 2.83. The summed E-state index contributed by atoms with van der Waals surface area (Å²) in [6, 6.07) is 0. The van der Waals surface area contributed by atoms with Crippen molar-refractivity contribution in [2.24, 2.45) is 17.3 Å². The summed E-state index contributed by atoms with van der Waals surface area (Å²) < 4.78 is 30.9. The van der Waals surface area contributed by atoms with Crippen LogP contribution in [0.15, 0.2) is 23.8 Å². The van der Waals surface area contributed by atoms with Gasteiger partial charge in [-0.05, 0) is 36.7 Å². The highest BCUT2D eigenvalue weighted by molar-refractivity contribution is 5.92. The lowest BCUT2D eigenvalue weighted by Gasteiger charge is -2.53. The SMILES string of the molecule is C=CC(=O)O[C@@H]1[C@@]2(C(C)C)O[C@H]2[C@@H]2O[C@]23[C@]12O[C@H]2C[C@H]1C2=C(CC[C@@]13C)C(=O)OC2. The lowest BCUT2D eigenvalue weighted by Crippen LogP contribution is -2.70. The van der Waals surface area contributed by atoms with Crippen molar-refractivity contribution in [2.75, 3.05) is 6.61 Å². The smallest absolute Gasteiger partial charge is 0.334 e. The zero-order valence-corrected chi connectivity index (χ0v) is 17.4. The molecule has 0 unspecified atom stereocenters. The Bertz CT molecular complexity index is 969. The van der Waals surface area contributed by atoms with Crippen LogP contribution in [0.2, 0.25) is 0 Å². The van der Waals surface area contributed by atoms with Crippen LogP contribution in [0.25, 0.3) is 0 Å². The first-order valence-corrected chi connectivity index (χ1v) is 11.0. The van der Waals surface area contributed by atoms with E-state index in [0.29, 0.717) is 13.0 Å². The number of carbonyl (C=O) groups excluding carboxylic acids is 2. The third-order valence-electron chi connectivity index (χ3n) is 9.47. The molecule has 4 aliphatic heterocycles. The van der Waals surface area contributed by atoms with E-state index in [1.165, 1.54) is 6.08 Å². The van der Waals surface area contributed by atoms with Crippen LogP contribution in [0.3, 0.4) is 0 Å². The maximum absolute atomic E-state index is 12.4. The van der Waals surface area contributed by atoms with Crippen LogP contribution in [-0.2, 0) is 33.3 Å². The third-order valence-corrected chi connectivity index (χ3v) is 9.47. The van der Waals surface area contributed by atoms with Crippen molar-refractivity contribution < 1.29 is 33.3 Å². The molecule has 0 N–H and O–H groups in total. The second-order valence-electron chi connectivity index (χ2n) is 10.5. The Kier molecular flexibility index (Phi) is 2.91. The lowest BCUT2D eigenvalue weighted by molar-refractivity contribution is -0.163. The molecule has 7 aliphatic rings. The van der Waals surface area contributed by atoms with Crippen molar-refractivity contribution in [3.8, 4) is 0 Å². The number of esters is 2. The Labute approximate surface area is 174 Å². The average Bonchev–Trinajstić information content (AvgIpc) is 3.61. The Morgan fingerprint density at radius 3 is 2.80 bits per heavy atom. The monoisotopic (exact) mass is 414 g/mol. The second kappa shape index (κ2) is 4.87. The van der Waals surface area contributed by atoms with Crippen molar-refractivity contribution in [2.45, 2.75) is 81.3 Å². The van der Waals surface area contributed by atoms with Crippen molar-refractivity contribution >= 4 is 11.9 Å². The molecule has 0 radical (unpaired) electrons. The Balaban J connectivity index is 1.37. The number of hydrogen-bond donors (Lipinski definition) is 0. The van der Waals surface area contributed by atoms with Gasteiger partial charge in [0.15, 0.2) is 11.7 Å². The molecular formula is C23H26O7. The fraction of sp³-hybridized carbons (Fsp3) is 0.739. The van der Waals surface area contributed by atoms with E-state index in [0.717, 1.165) is 24.0 Å². The minimum Gasteiger partial charge on any atom is -0.458 e. The minimum atomic E-state index is -0.694. The number of fused-ring (bicyclic) bond motifs is 4. The van der Waals surface area contributed by atoms with E-state index in [2.05, 4.69) is 27.4 Å². The molecule has 160 valence electrons. The highest BCUT2D eigenvalue weighted by Gasteiger charge is 3.01. The molecule has 0 aromatic carbocycles. The van der Waals surface area contributed by atoms with Crippen LogP contribution >= 0.6 is 0 Å². The average molecular weight is 414 g/mol. The molecule has 3 saturated heterocycles. The van der Waals surface area contributed by atoms with Crippen LogP contribution in [0.1, 0.15) is 40.0 Å². The molecule has 2 spiro atoms. The predicted molar refractivity (Wildman–Crippen MR) is 101 cm³/mol. The molecular weight excluding hydrogens is 388 g/mol. The van der Waals surface area contributed by atoms with Gasteiger partial charge >= 0.3 is 11.9 Å². The third kappa shape index (κ3) is 1.55. The first-order valence-electron chi connectivity index (χ1n) is 11.0. The van der Waals surface area contributed by atoms with Gasteiger partial charge in [-0.1, -0.05) is 27.4 Å². The van der Waals surface area contributed by atoms with E-state index in [4.69, 9.17) is 23.7 Å². The summed E-state index contributed by atoms with van der Waals surface area (Å²) in [5, 5.41) is 0. The van der Waals surface area contributed by atoms with Crippen molar-refractivity contribution in [3.05, 3.63) is 23.8 Å². The lowest BCUT2D eigenvalue weighted by atomic mass is 9.46. The zero-order valence-electron chi connectivity index (χ0n) is 17.4. The van der Waals surface area contributed by atoms with Crippen LogP contribution in [0, 0.1) is 17.3 Å². The molecule has 5 fully saturated rings. The molecule has 0 aromatic rings. The summed E-state index contributed by atoms with van der Waals surface area (Å²) in [6.45, 7) is 10.4. The van der Waals surface area contributed by atoms with E-state index < -0.39 is 28.9 Å². The van der Waals surface area contributed by atoms with Crippen LogP contribution in [0.4, 0.5) is 0 Å². The summed E-state index contributed by atoms with van der Waals surface area (Å²) >= 11 is 0. The molecule has 7 rings (SSSR count). The van der Waals surface area contributed by atoms with E-state index >= 15 is 0 Å². The van der Waals surface area contributed by atoms with E-state index in [9.17, 15) is 9.59 Å². The number of cyclic esters (lactones) is 1. The predicted octanol–water partition coefficient (Wildman–Crippen LogP) is 1.84. The Morgan fingerprint density at radius 2 is 2.07 bits per heavy atom. The summed E-state index contributed by atoms with van der Waals surface area (Å²) in [7, 11) is 0. The van der Waals surface area contributed by atoms with Crippen LogP contribution < -0.4 is 0 Å². The topological polar surface area (TPSA) is 90.2 Å². The Hall–Kier alpha value is -1.70. The van der Waals surface area contributed by atoms with Gasteiger partial charge in [-0.15, -0.1) is 0 Å². The van der Waals surface area contributed by atoms with Crippen molar-refractivity contribution in [3.63, 3.8) is 0 Å². The number of epoxide rings is 3. The number of carbonyl (C=O) groups is 2. The summed E-state index contributed by atoms with van der Waals surface area (Å²) in [4.78, 5) is 24.6.